The number of hydrogen-bond donors (Lipinski definition) is 2. The minimum absolute atomic E-state index is 0.267. The van der Waals surface area contributed by atoms with Gasteiger partial charge >= 0.3 is 0 Å². The van der Waals surface area contributed by atoms with Gasteiger partial charge in [0, 0.05) is 5.56 Å². The van der Waals surface area contributed by atoms with Gasteiger partial charge in [0.2, 0.25) is 0 Å². The summed E-state index contributed by atoms with van der Waals surface area (Å²) in [4.78, 5) is 3.10. The van der Waals surface area contributed by atoms with Crippen molar-refractivity contribution in [1.82, 2.24) is 0 Å². The molecule has 0 spiro atoms. The van der Waals surface area contributed by atoms with Crippen molar-refractivity contribution in [2.75, 3.05) is 18.5 Å². The number of H-pyrrole nitrogens is 1. The zero-order chi connectivity index (χ0) is 13.5. The van der Waals surface area contributed by atoms with Gasteiger partial charge in [-0.15, -0.1) is 0 Å². The Labute approximate surface area is 113 Å². The van der Waals surface area contributed by atoms with Crippen LogP contribution in [0.4, 0.5) is 5.82 Å². The molecular formula is C15H19N2O2+. The third-order valence-corrected chi connectivity index (χ3v) is 2.76. The summed E-state index contributed by atoms with van der Waals surface area (Å²) in [7, 11) is 0. The second-order valence-electron chi connectivity index (χ2n) is 4.39. The van der Waals surface area contributed by atoms with Crippen LogP contribution in [0, 0.1) is 6.92 Å². The highest BCUT2D eigenvalue weighted by atomic mass is 16.5. The van der Waals surface area contributed by atoms with Gasteiger partial charge < -0.3 is 9.84 Å². The molecule has 4 nitrogen and oxygen atoms in total. The highest BCUT2D eigenvalue weighted by Gasteiger charge is 2.10. The summed E-state index contributed by atoms with van der Waals surface area (Å²) in [5, 5.41) is 13.0. The average Bonchev–Trinajstić information content (AvgIpc) is 2.45. The molecule has 0 aliphatic carbocycles. The molecule has 1 aromatic carbocycles. The van der Waals surface area contributed by atoms with Crippen LogP contribution in [-0.4, -0.2) is 24.4 Å². The van der Waals surface area contributed by atoms with E-state index < -0.39 is 6.10 Å². The van der Waals surface area contributed by atoms with Gasteiger partial charge in [-0.25, -0.2) is 4.98 Å². The zero-order valence-electron chi connectivity index (χ0n) is 11.0. The predicted octanol–water partition coefficient (Wildman–Crippen LogP) is 1.66. The Morgan fingerprint density at radius 1 is 1.21 bits per heavy atom. The molecular weight excluding hydrogens is 240 g/mol. The van der Waals surface area contributed by atoms with E-state index in [0.29, 0.717) is 6.54 Å². The summed E-state index contributed by atoms with van der Waals surface area (Å²) in [6, 6.07) is 13.4. The van der Waals surface area contributed by atoms with Gasteiger partial charge in [-0.2, -0.15) is 0 Å². The van der Waals surface area contributed by atoms with Crippen molar-refractivity contribution < 1.29 is 14.8 Å². The van der Waals surface area contributed by atoms with Gasteiger partial charge in [-0.3, -0.25) is 5.32 Å². The fourth-order valence-electron chi connectivity index (χ4n) is 1.70. The molecule has 0 aliphatic rings. The SMILES string of the molecule is Cc1ccc[nH+]c1NC[C@H](O)COc1ccccc1. The standard InChI is InChI=1S/C15H18N2O2/c1-12-6-5-9-16-15(12)17-10-13(18)11-19-14-7-3-2-4-8-14/h2-9,13,18H,10-11H2,1H3,(H,16,17)/p+1/t13-/m0/s1. The van der Waals surface area contributed by atoms with Crippen LogP contribution >= 0.6 is 0 Å². The fourth-order valence-corrected chi connectivity index (χ4v) is 1.70. The lowest BCUT2D eigenvalue weighted by Crippen LogP contribution is -2.28. The van der Waals surface area contributed by atoms with Crippen LogP contribution in [0.25, 0.3) is 0 Å². The largest absolute Gasteiger partial charge is 0.491 e. The van der Waals surface area contributed by atoms with Crippen LogP contribution in [0.1, 0.15) is 5.56 Å². The van der Waals surface area contributed by atoms with Gasteiger partial charge in [0.15, 0.2) is 0 Å². The molecule has 3 N–H and O–H groups in total. The van der Waals surface area contributed by atoms with Crippen LogP contribution in [0.5, 0.6) is 5.75 Å². The van der Waals surface area contributed by atoms with Crippen molar-refractivity contribution in [2.45, 2.75) is 13.0 Å². The van der Waals surface area contributed by atoms with Gasteiger partial charge in [-0.1, -0.05) is 18.2 Å². The molecule has 0 amide bonds. The highest BCUT2D eigenvalue weighted by molar-refractivity contribution is 5.37. The minimum Gasteiger partial charge on any atom is -0.491 e. The predicted molar refractivity (Wildman–Crippen MR) is 74.2 cm³/mol. The Morgan fingerprint density at radius 2 is 2.00 bits per heavy atom. The third kappa shape index (κ3) is 4.26. The van der Waals surface area contributed by atoms with E-state index in [0.717, 1.165) is 17.1 Å². The molecule has 2 aromatic rings. The lowest BCUT2D eigenvalue weighted by molar-refractivity contribution is -0.361. The molecule has 1 heterocycles. The topological polar surface area (TPSA) is 55.6 Å². The molecule has 0 saturated carbocycles. The van der Waals surface area contributed by atoms with Crippen molar-refractivity contribution in [3.8, 4) is 5.75 Å². The molecule has 0 radical (unpaired) electrons. The molecule has 4 heteroatoms. The molecule has 100 valence electrons. The third-order valence-electron chi connectivity index (χ3n) is 2.76. The first kappa shape index (κ1) is 13.4. The number of rotatable bonds is 6. The number of nitrogens with one attached hydrogen (secondary N) is 2. The van der Waals surface area contributed by atoms with Crippen LogP contribution in [0.3, 0.4) is 0 Å². The minimum atomic E-state index is -0.562. The molecule has 0 aliphatic heterocycles. The summed E-state index contributed by atoms with van der Waals surface area (Å²) in [6.07, 6.45) is 1.29. The van der Waals surface area contributed by atoms with Gasteiger partial charge in [0.05, 0.1) is 6.20 Å². The summed E-state index contributed by atoms with van der Waals surface area (Å²) in [6.45, 7) is 2.71. The van der Waals surface area contributed by atoms with E-state index in [2.05, 4.69) is 10.3 Å². The van der Waals surface area contributed by atoms with E-state index in [-0.39, 0.29) is 6.61 Å². The molecule has 0 bridgehead atoms. The first-order valence-electron chi connectivity index (χ1n) is 6.33. The number of para-hydroxylation sites is 1. The maximum absolute atomic E-state index is 9.86. The monoisotopic (exact) mass is 259 g/mol. The van der Waals surface area contributed by atoms with Gasteiger partial charge in [0.25, 0.3) is 5.82 Å². The molecule has 0 saturated heterocycles. The van der Waals surface area contributed by atoms with Crippen LogP contribution < -0.4 is 15.0 Å². The maximum atomic E-state index is 9.86. The van der Waals surface area contributed by atoms with Crippen molar-refractivity contribution in [3.05, 3.63) is 54.2 Å². The Morgan fingerprint density at radius 3 is 2.74 bits per heavy atom. The maximum Gasteiger partial charge on any atom is 0.275 e. The van der Waals surface area contributed by atoms with Crippen molar-refractivity contribution >= 4 is 5.82 Å². The second-order valence-corrected chi connectivity index (χ2v) is 4.39. The number of aliphatic hydroxyl groups is 1. The van der Waals surface area contributed by atoms with Crippen LogP contribution in [-0.2, 0) is 0 Å². The van der Waals surface area contributed by atoms with Crippen molar-refractivity contribution in [1.29, 1.82) is 0 Å². The van der Waals surface area contributed by atoms with Crippen molar-refractivity contribution in [2.24, 2.45) is 0 Å². The Balaban J connectivity index is 1.76. The number of hydrogen-bond acceptors (Lipinski definition) is 3. The van der Waals surface area contributed by atoms with Gasteiger partial charge in [0.1, 0.15) is 25.0 Å². The average molecular weight is 259 g/mol. The molecule has 2 rings (SSSR count). The molecule has 1 atom stereocenters. The van der Waals surface area contributed by atoms with E-state index in [4.69, 9.17) is 4.74 Å². The van der Waals surface area contributed by atoms with Gasteiger partial charge in [-0.05, 0) is 31.2 Å². The molecule has 0 unspecified atom stereocenters. The summed E-state index contributed by atoms with van der Waals surface area (Å²) < 4.78 is 5.49. The number of ether oxygens (including phenoxy) is 1. The van der Waals surface area contributed by atoms with E-state index in [1.165, 1.54) is 0 Å². The molecule has 0 fully saturated rings. The number of anilines is 1. The first-order chi connectivity index (χ1) is 9.25. The zero-order valence-corrected chi connectivity index (χ0v) is 11.0. The summed E-state index contributed by atoms with van der Waals surface area (Å²) >= 11 is 0. The first-order valence-corrected chi connectivity index (χ1v) is 6.33. The summed E-state index contributed by atoms with van der Waals surface area (Å²) in [5.41, 5.74) is 1.11. The summed E-state index contributed by atoms with van der Waals surface area (Å²) in [5.74, 6) is 1.69. The van der Waals surface area contributed by atoms with E-state index in [9.17, 15) is 5.11 Å². The number of aromatic nitrogens is 1. The Kier molecular flexibility index (Phi) is 4.75. The second kappa shape index (κ2) is 6.75. The van der Waals surface area contributed by atoms with E-state index >= 15 is 0 Å². The quantitative estimate of drug-likeness (QED) is 0.829. The molecule has 1 aromatic heterocycles. The lowest BCUT2D eigenvalue weighted by atomic mass is 10.3. The molecule has 19 heavy (non-hydrogen) atoms. The Hall–Kier alpha value is -2.07. The number of aliphatic hydroxyl groups excluding tert-OH is 1. The fraction of sp³-hybridized carbons (Fsp3) is 0.267. The van der Waals surface area contributed by atoms with Crippen LogP contribution in [0.2, 0.25) is 0 Å². The lowest BCUT2D eigenvalue weighted by Gasteiger charge is -2.11. The number of aryl methyl sites for hydroxylation is 1. The Bertz CT molecular complexity index is 503. The van der Waals surface area contributed by atoms with Crippen molar-refractivity contribution in [3.63, 3.8) is 0 Å². The number of benzene rings is 1. The highest BCUT2D eigenvalue weighted by Crippen LogP contribution is 2.09. The van der Waals surface area contributed by atoms with Crippen LogP contribution in [0.15, 0.2) is 48.7 Å². The number of pyridine rings is 1. The van der Waals surface area contributed by atoms with E-state index in [1.54, 1.807) is 0 Å². The normalized spacial score (nSPS) is 11.9. The van der Waals surface area contributed by atoms with E-state index in [1.807, 2.05) is 55.6 Å². The number of aromatic amines is 1. The smallest absolute Gasteiger partial charge is 0.275 e.